The molecular weight excluding hydrogens is 246 g/mol. The van der Waals surface area contributed by atoms with E-state index in [-0.39, 0.29) is 6.04 Å². The third-order valence-corrected chi connectivity index (χ3v) is 2.81. The van der Waals surface area contributed by atoms with Gasteiger partial charge in [-0.1, -0.05) is 0 Å². The van der Waals surface area contributed by atoms with Crippen LogP contribution in [0, 0.1) is 6.92 Å². The number of carboxylic acids is 1. The van der Waals surface area contributed by atoms with Crippen molar-refractivity contribution < 1.29 is 19.4 Å². The minimum atomic E-state index is -0.930. The van der Waals surface area contributed by atoms with E-state index in [9.17, 15) is 9.90 Å². The fraction of sp³-hybridized carbons (Fsp3) is 0.500. The van der Waals surface area contributed by atoms with Crippen molar-refractivity contribution in [2.75, 3.05) is 14.2 Å². The molecule has 1 rings (SSSR count). The maximum atomic E-state index is 11.5. The Morgan fingerprint density at radius 1 is 1.26 bits per heavy atom. The number of ether oxygens (including phenoxy) is 2. The first-order valence-electron chi connectivity index (χ1n) is 6.12. The lowest BCUT2D eigenvalue weighted by Crippen LogP contribution is -2.34. The summed E-state index contributed by atoms with van der Waals surface area (Å²) in [4.78, 5) is 11.5. The number of hydrogen-bond donors (Lipinski definition) is 2. The number of nitrogens with one attached hydrogen (secondary N) is 1. The second kappa shape index (κ2) is 6.43. The van der Waals surface area contributed by atoms with Crippen LogP contribution in [-0.2, 0) is 4.79 Å². The molecule has 0 bridgehead atoms. The molecular formula is C14H21NO4. The summed E-state index contributed by atoms with van der Waals surface area (Å²) in [6.45, 7) is 5.65. The molecule has 5 heteroatoms. The molecule has 1 unspecified atom stereocenters. The first kappa shape index (κ1) is 15.3. The number of methoxy groups -OCH3 is 2. The smallest absolute Gasteiger partial charge is 0.325 e. The summed E-state index contributed by atoms with van der Waals surface area (Å²) >= 11 is 0. The van der Waals surface area contributed by atoms with Gasteiger partial charge in [0, 0.05) is 17.7 Å². The van der Waals surface area contributed by atoms with Crippen LogP contribution >= 0.6 is 0 Å². The number of aliphatic carboxylic acids is 1. The van der Waals surface area contributed by atoms with Gasteiger partial charge >= 0.3 is 5.97 Å². The minimum absolute atomic E-state index is 0.0484. The molecule has 0 aliphatic heterocycles. The summed E-state index contributed by atoms with van der Waals surface area (Å²) in [5, 5.41) is 12.4. The van der Waals surface area contributed by atoms with Crippen molar-refractivity contribution >= 4 is 5.97 Å². The van der Waals surface area contributed by atoms with E-state index in [1.807, 2.05) is 20.8 Å². The maximum absolute atomic E-state index is 11.5. The molecule has 1 aromatic rings. The third kappa shape index (κ3) is 3.61. The third-order valence-electron chi connectivity index (χ3n) is 2.81. The summed E-state index contributed by atoms with van der Waals surface area (Å²) in [7, 11) is 3.08. The van der Waals surface area contributed by atoms with E-state index in [0.717, 1.165) is 5.56 Å². The molecule has 1 aromatic carbocycles. The predicted molar refractivity (Wildman–Crippen MR) is 72.9 cm³/mol. The second-order valence-electron chi connectivity index (χ2n) is 4.65. The molecule has 0 fully saturated rings. The monoisotopic (exact) mass is 267 g/mol. The number of rotatable bonds is 6. The zero-order valence-corrected chi connectivity index (χ0v) is 12.0. The number of aryl methyl sites for hydroxylation is 1. The molecule has 0 spiro atoms. The van der Waals surface area contributed by atoms with Crippen LogP contribution in [0.15, 0.2) is 12.1 Å². The molecule has 19 heavy (non-hydrogen) atoms. The van der Waals surface area contributed by atoms with Gasteiger partial charge < -0.3 is 14.6 Å². The van der Waals surface area contributed by atoms with Crippen LogP contribution in [0.1, 0.15) is 31.0 Å². The SMILES string of the molecule is COc1cc(C)c(C(NC(C)C)C(=O)O)c(OC)c1. The summed E-state index contributed by atoms with van der Waals surface area (Å²) in [6.07, 6.45) is 0. The van der Waals surface area contributed by atoms with Gasteiger partial charge in [0.05, 0.1) is 14.2 Å². The summed E-state index contributed by atoms with van der Waals surface area (Å²) in [5.41, 5.74) is 1.45. The van der Waals surface area contributed by atoms with Gasteiger partial charge in [-0.25, -0.2) is 0 Å². The van der Waals surface area contributed by atoms with E-state index >= 15 is 0 Å². The first-order chi connectivity index (χ1) is 8.90. The van der Waals surface area contributed by atoms with E-state index in [4.69, 9.17) is 9.47 Å². The molecule has 106 valence electrons. The Labute approximate surface area is 113 Å². The van der Waals surface area contributed by atoms with Gasteiger partial charge in [0.25, 0.3) is 0 Å². The van der Waals surface area contributed by atoms with Crippen molar-refractivity contribution in [1.29, 1.82) is 0 Å². The molecule has 0 saturated heterocycles. The highest BCUT2D eigenvalue weighted by Gasteiger charge is 2.26. The van der Waals surface area contributed by atoms with Crippen molar-refractivity contribution in [3.63, 3.8) is 0 Å². The van der Waals surface area contributed by atoms with Crippen LogP contribution in [0.4, 0.5) is 0 Å². The Balaban J connectivity index is 3.32. The number of benzene rings is 1. The number of carbonyl (C=O) groups is 1. The largest absolute Gasteiger partial charge is 0.497 e. The lowest BCUT2D eigenvalue weighted by Gasteiger charge is -2.22. The first-order valence-corrected chi connectivity index (χ1v) is 6.12. The fourth-order valence-corrected chi connectivity index (χ4v) is 2.00. The molecule has 0 heterocycles. The molecule has 5 nitrogen and oxygen atoms in total. The van der Waals surface area contributed by atoms with Crippen LogP contribution < -0.4 is 14.8 Å². The van der Waals surface area contributed by atoms with Crippen LogP contribution in [0.25, 0.3) is 0 Å². The van der Waals surface area contributed by atoms with Gasteiger partial charge in [-0.3, -0.25) is 10.1 Å². The Morgan fingerprint density at radius 2 is 1.89 bits per heavy atom. The Morgan fingerprint density at radius 3 is 2.32 bits per heavy atom. The zero-order chi connectivity index (χ0) is 14.6. The van der Waals surface area contributed by atoms with Crippen LogP contribution in [0.2, 0.25) is 0 Å². The van der Waals surface area contributed by atoms with E-state index in [2.05, 4.69) is 5.32 Å². The van der Waals surface area contributed by atoms with E-state index in [1.165, 1.54) is 7.11 Å². The quantitative estimate of drug-likeness (QED) is 0.826. The van der Waals surface area contributed by atoms with Crippen molar-refractivity contribution in [3.8, 4) is 11.5 Å². The van der Waals surface area contributed by atoms with Crippen LogP contribution in [0.3, 0.4) is 0 Å². The van der Waals surface area contributed by atoms with Gasteiger partial charge in [-0.2, -0.15) is 0 Å². The summed E-state index contributed by atoms with van der Waals surface area (Å²) < 4.78 is 10.5. The van der Waals surface area contributed by atoms with Gasteiger partial charge in [0.2, 0.25) is 0 Å². The van der Waals surface area contributed by atoms with Crippen LogP contribution in [0.5, 0.6) is 11.5 Å². The van der Waals surface area contributed by atoms with Crippen molar-refractivity contribution in [1.82, 2.24) is 5.32 Å². The Hall–Kier alpha value is -1.75. The van der Waals surface area contributed by atoms with Crippen molar-refractivity contribution in [2.45, 2.75) is 32.9 Å². The molecule has 0 amide bonds. The average molecular weight is 267 g/mol. The Bertz CT molecular complexity index is 457. The van der Waals surface area contributed by atoms with E-state index in [1.54, 1.807) is 19.2 Å². The lowest BCUT2D eigenvalue weighted by molar-refractivity contribution is -0.139. The molecule has 0 radical (unpaired) electrons. The molecule has 0 aromatic heterocycles. The highest BCUT2D eigenvalue weighted by Crippen LogP contribution is 2.33. The molecule has 1 atom stereocenters. The zero-order valence-electron chi connectivity index (χ0n) is 12.0. The van der Waals surface area contributed by atoms with Gasteiger partial charge in [0.1, 0.15) is 17.5 Å². The van der Waals surface area contributed by atoms with Gasteiger partial charge in [0.15, 0.2) is 0 Å². The molecule has 0 saturated carbocycles. The van der Waals surface area contributed by atoms with E-state index in [0.29, 0.717) is 17.1 Å². The fourth-order valence-electron chi connectivity index (χ4n) is 2.00. The number of hydrogen-bond acceptors (Lipinski definition) is 4. The Kier molecular flexibility index (Phi) is 5.18. The molecule has 0 aliphatic carbocycles. The summed E-state index contributed by atoms with van der Waals surface area (Å²) in [6, 6.07) is 2.74. The van der Waals surface area contributed by atoms with Gasteiger partial charge in [-0.15, -0.1) is 0 Å². The molecule has 0 aliphatic rings. The highest BCUT2D eigenvalue weighted by molar-refractivity contribution is 5.77. The highest BCUT2D eigenvalue weighted by atomic mass is 16.5. The normalized spacial score (nSPS) is 12.3. The maximum Gasteiger partial charge on any atom is 0.325 e. The average Bonchev–Trinajstić information content (AvgIpc) is 2.34. The van der Waals surface area contributed by atoms with Crippen molar-refractivity contribution in [3.05, 3.63) is 23.3 Å². The standard InChI is InChI=1S/C14H21NO4/c1-8(2)15-13(14(16)17)12-9(3)6-10(18-4)7-11(12)19-5/h6-8,13,15H,1-5H3,(H,16,17). The minimum Gasteiger partial charge on any atom is -0.497 e. The van der Waals surface area contributed by atoms with Crippen molar-refractivity contribution in [2.24, 2.45) is 0 Å². The number of carboxylic acid groups (broad SMARTS) is 1. The topological polar surface area (TPSA) is 67.8 Å². The van der Waals surface area contributed by atoms with Gasteiger partial charge in [-0.05, 0) is 32.4 Å². The summed E-state index contributed by atoms with van der Waals surface area (Å²) in [5.74, 6) is 0.226. The second-order valence-corrected chi connectivity index (χ2v) is 4.65. The van der Waals surface area contributed by atoms with Crippen LogP contribution in [-0.4, -0.2) is 31.3 Å². The lowest BCUT2D eigenvalue weighted by atomic mass is 9.99. The van der Waals surface area contributed by atoms with E-state index < -0.39 is 12.0 Å². The molecule has 2 N–H and O–H groups in total. The predicted octanol–water partition coefficient (Wildman–Crippen LogP) is 2.14.